The number of thiophene rings is 2. The molecule has 0 atom stereocenters. The van der Waals surface area contributed by atoms with Crippen molar-refractivity contribution in [1.29, 1.82) is 0 Å². The summed E-state index contributed by atoms with van der Waals surface area (Å²) in [5, 5.41) is 10.1. The fourth-order valence-corrected chi connectivity index (χ4v) is 7.13. The van der Waals surface area contributed by atoms with Crippen molar-refractivity contribution >= 4 is 40.0 Å². The summed E-state index contributed by atoms with van der Waals surface area (Å²) in [6.07, 6.45) is 6.06. The fraction of sp³-hybridized carbons (Fsp3) is 0.333. The van der Waals surface area contributed by atoms with E-state index in [4.69, 9.17) is 0 Å². The topological polar surface area (TPSA) is 70.2 Å². The molecule has 1 aliphatic heterocycles. The molecular weight excluding hydrogens is 426 g/mol. The van der Waals surface area contributed by atoms with Crippen LogP contribution in [0.5, 0.6) is 0 Å². The standard InChI is InChI=1S/C24H25N3O2S2/c28-14-19-16-8-4-5-9-20(16)31-23(19)27-24(29)26-12-18-17-10-11-25-13-21(17)30-22(18)15-6-2-1-3-7-15/h1-3,6-7,14,25H,4-5,8-13H2,(H2,26,27,29). The molecule has 2 amide bonds. The Balaban J connectivity index is 1.36. The Hall–Kier alpha value is -2.48. The van der Waals surface area contributed by atoms with Gasteiger partial charge in [0.15, 0.2) is 6.29 Å². The second-order valence-corrected chi connectivity index (χ2v) is 10.2. The number of anilines is 1. The molecule has 3 aromatic rings. The zero-order valence-electron chi connectivity index (χ0n) is 17.3. The largest absolute Gasteiger partial charge is 0.334 e. The third kappa shape index (κ3) is 4.05. The molecule has 0 saturated carbocycles. The first-order valence-corrected chi connectivity index (χ1v) is 12.4. The van der Waals surface area contributed by atoms with Crippen molar-refractivity contribution in [3.05, 3.63) is 62.3 Å². The van der Waals surface area contributed by atoms with Crippen LogP contribution in [0.25, 0.3) is 10.4 Å². The maximum atomic E-state index is 12.8. The van der Waals surface area contributed by atoms with Crippen molar-refractivity contribution in [3.63, 3.8) is 0 Å². The minimum Gasteiger partial charge on any atom is -0.334 e. The normalized spacial score (nSPS) is 15.1. The maximum absolute atomic E-state index is 12.8. The predicted molar refractivity (Wildman–Crippen MR) is 127 cm³/mol. The second-order valence-electron chi connectivity index (χ2n) is 7.98. The molecule has 2 aliphatic rings. The van der Waals surface area contributed by atoms with Crippen molar-refractivity contribution in [2.45, 2.75) is 45.2 Å². The van der Waals surface area contributed by atoms with Crippen LogP contribution in [0.4, 0.5) is 9.80 Å². The lowest BCUT2D eigenvalue weighted by Crippen LogP contribution is -2.29. The monoisotopic (exact) mass is 451 g/mol. The van der Waals surface area contributed by atoms with E-state index in [1.54, 1.807) is 11.3 Å². The van der Waals surface area contributed by atoms with E-state index in [1.165, 1.54) is 31.3 Å². The highest BCUT2D eigenvalue weighted by Gasteiger charge is 2.23. The molecule has 3 heterocycles. The number of aryl methyl sites for hydroxylation is 1. The van der Waals surface area contributed by atoms with Crippen LogP contribution in [0, 0.1) is 0 Å². The molecule has 1 aromatic carbocycles. The number of rotatable bonds is 5. The number of urea groups is 1. The first-order valence-electron chi connectivity index (χ1n) is 10.8. The first kappa shape index (κ1) is 20.4. The van der Waals surface area contributed by atoms with Crippen LogP contribution in [0.15, 0.2) is 30.3 Å². The predicted octanol–water partition coefficient (Wildman–Crippen LogP) is 5.14. The van der Waals surface area contributed by atoms with Gasteiger partial charge < -0.3 is 10.6 Å². The van der Waals surface area contributed by atoms with Gasteiger partial charge in [-0.05, 0) is 60.9 Å². The zero-order valence-corrected chi connectivity index (χ0v) is 18.9. The lowest BCUT2D eigenvalue weighted by atomic mass is 9.96. The Bertz CT molecular complexity index is 1120. The van der Waals surface area contributed by atoms with Gasteiger partial charge in [-0.2, -0.15) is 0 Å². The van der Waals surface area contributed by atoms with Crippen LogP contribution in [0.3, 0.4) is 0 Å². The molecule has 0 saturated heterocycles. The van der Waals surface area contributed by atoms with Gasteiger partial charge in [0, 0.05) is 27.7 Å². The molecule has 0 bridgehead atoms. The van der Waals surface area contributed by atoms with Crippen molar-refractivity contribution < 1.29 is 9.59 Å². The molecular formula is C24H25N3O2S2. The molecule has 5 rings (SSSR count). The van der Waals surface area contributed by atoms with Crippen LogP contribution < -0.4 is 16.0 Å². The average molecular weight is 452 g/mol. The van der Waals surface area contributed by atoms with Crippen molar-refractivity contribution in [2.75, 3.05) is 11.9 Å². The Labute approximate surface area is 189 Å². The van der Waals surface area contributed by atoms with Gasteiger partial charge in [-0.1, -0.05) is 30.3 Å². The number of amides is 2. The molecule has 31 heavy (non-hydrogen) atoms. The van der Waals surface area contributed by atoms with E-state index in [1.807, 2.05) is 17.4 Å². The highest BCUT2D eigenvalue weighted by Crippen LogP contribution is 2.39. The van der Waals surface area contributed by atoms with Gasteiger partial charge in [0.05, 0.1) is 5.56 Å². The van der Waals surface area contributed by atoms with E-state index < -0.39 is 0 Å². The number of carbonyl (C=O) groups is 2. The number of carbonyl (C=O) groups excluding carboxylic acids is 2. The number of hydrogen-bond acceptors (Lipinski definition) is 5. The molecule has 1 aliphatic carbocycles. The maximum Gasteiger partial charge on any atom is 0.320 e. The Morgan fingerprint density at radius 3 is 2.71 bits per heavy atom. The van der Waals surface area contributed by atoms with Gasteiger partial charge in [0.1, 0.15) is 5.00 Å². The summed E-state index contributed by atoms with van der Waals surface area (Å²) < 4.78 is 0. The number of fused-ring (bicyclic) bond motifs is 2. The summed E-state index contributed by atoms with van der Waals surface area (Å²) in [7, 11) is 0. The van der Waals surface area contributed by atoms with E-state index >= 15 is 0 Å². The average Bonchev–Trinajstić information content (AvgIpc) is 3.35. The van der Waals surface area contributed by atoms with Crippen molar-refractivity contribution in [2.24, 2.45) is 0 Å². The lowest BCUT2D eigenvalue weighted by molar-refractivity contribution is 0.112. The summed E-state index contributed by atoms with van der Waals surface area (Å²) >= 11 is 3.37. The minimum atomic E-state index is -0.255. The van der Waals surface area contributed by atoms with Crippen molar-refractivity contribution in [3.8, 4) is 10.4 Å². The molecule has 160 valence electrons. The Kier molecular flexibility index (Phi) is 5.89. The van der Waals surface area contributed by atoms with Gasteiger partial charge in [-0.3, -0.25) is 10.1 Å². The summed E-state index contributed by atoms with van der Waals surface area (Å²) in [4.78, 5) is 28.3. The third-order valence-corrected chi connectivity index (χ3v) is 8.60. The van der Waals surface area contributed by atoms with Gasteiger partial charge in [-0.25, -0.2) is 4.79 Å². The molecule has 2 aromatic heterocycles. The molecule has 0 fully saturated rings. The molecule has 5 nitrogen and oxygen atoms in total. The number of nitrogens with one attached hydrogen (secondary N) is 3. The van der Waals surface area contributed by atoms with Crippen LogP contribution in [0.1, 0.15) is 49.6 Å². The molecule has 0 unspecified atom stereocenters. The summed E-state index contributed by atoms with van der Waals surface area (Å²) in [5.41, 5.74) is 5.56. The molecule has 0 spiro atoms. The third-order valence-electron chi connectivity index (χ3n) is 6.06. The smallest absolute Gasteiger partial charge is 0.320 e. The van der Waals surface area contributed by atoms with Gasteiger partial charge in [-0.15, -0.1) is 22.7 Å². The zero-order chi connectivity index (χ0) is 21.2. The SMILES string of the molecule is O=Cc1c(NC(=O)NCc2c(-c3ccccc3)sc3c2CCNC3)sc2c1CCCC2. The number of aldehydes is 1. The van der Waals surface area contributed by atoms with E-state index in [9.17, 15) is 9.59 Å². The van der Waals surface area contributed by atoms with Crippen LogP contribution >= 0.6 is 22.7 Å². The summed E-state index contributed by atoms with van der Waals surface area (Å²) in [5.74, 6) is 0. The molecule has 3 N–H and O–H groups in total. The quantitative estimate of drug-likeness (QED) is 0.471. The Morgan fingerprint density at radius 1 is 1.03 bits per heavy atom. The Morgan fingerprint density at radius 2 is 1.87 bits per heavy atom. The molecule has 7 heteroatoms. The number of benzene rings is 1. The van der Waals surface area contributed by atoms with Gasteiger partial charge in [0.25, 0.3) is 0 Å². The van der Waals surface area contributed by atoms with E-state index in [0.717, 1.165) is 57.0 Å². The van der Waals surface area contributed by atoms with E-state index in [-0.39, 0.29) is 6.03 Å². The summed E-state index contributed by atoms with van der Waals surface area (Å²) in [6, 6.07) is 10.1. The van der Waals surface area contributed by atoms with Gasteiger partial charge in [0.2, 0.25) is 0 Å². The van der Waals surface area contributed by atoms with Crippen LogP contribution in [0.2, 0.25) is 0 Å². The highest BCUT2D eigenvalue weighted by molar-refractivity contribution is 7.17. The minimum absolute atomic E-state index is 0.255. The van der Waals surface area contributed by atoms with E-state index in [0.29, 0.717) is 17.1 Å². The highest BCUT2D eigenvalue weighted by atomic mass is 32.1. The van der Waals surface area contributed by atoms with Crippen LogP contribution in [-0.4, -0.2) is 18.9 Å². The van der Waals surface area contributed by atoms with Crippen LogP contribution in [-0.2, 0) is 32.4 Å². The fourth-order valence-electron chi connectivity index (χ4n) is 4.53. The lowest BCUT2D eigenvalue weighted by Gasteiger charge is -2.15. The summed E-state index contributed by atoms with van der Waals surface area (Å²) in [6.45, 7) is 2.32. The van der Waals surface area contributed by atoms with Gasteiger partial charge >= 0.3 is 6.03 Å². The first-order chi connectivity index (χ1) is 15.2. The number of hydrogen-bond donors (Lipinski definition) is 3. The molecule has 0 radical (unpaired) electrons. The van der Waals surface area contributed by atoms with Crippen molar-refractivity contribution in [1.82, 2.24) is 10.6 Å². The second kappa shape index (κ2) is 8.94. The van der Waals surface area contributed by atoms with E-state index in [2.05, 4.69) is 40.2 Å².